The highest BCUT2D eigenvalue weighted by molar-refractivity contribution is 6.33. The molecule has 0 radical (unpaired) electrons. The molecule has 2 heterocycles. The number of rotatable bonds is 6. The van der Waals surface area contributed by atoms with Gasteiger partial charge in [-0.3, -0.25) is 4.98 Å². The van der Waals surface area contributed by atoms with Crippen molar-refractivity contribution in [1.29, 1.82) is 0 Å². The number of hydrogen-bond donors (Lipinski definition) is 2. The maximum Gasteiger partial charge on any atom is 0.126 e. The fraction of sp³-hybridized carbons (Fsp3) is 0.333. The molecular formula is C24H26Cl2N4. The van der Waals surface area contributed by atoms with Gasteiger partial charge in [0, 0.05) is 35.1 Å². The molecule has 0 atom stereocenters. The van der Waals surface area contributed by atoms with Gasteiger partial charge in [-0.2, -0.15) is 0 Å². The normalized spacial score (nSPS) is 18.9. The number of hydrogen-bond acceptors (Lipinski definition) is 4. The zero-order chi connectivity index (χ0) is 20.9. The third-order valence-electron chi connectivity index (χ3n) is 5.74. The molecule has 2 aromatic heterocycles. The van der Waals surface area contributed by atoms with Crippen LogP contribution in [0.3, 0.4) is 0 Å². The first-order valence-corrected chi connectivity index (χ1v) is 11.2. The predicted molar refractivity (Wildman–Crippen MR) is 125 cm³/mol. The van der Waals surface area contributed by atoms with Crippen LogP contribution in [0.1, 0.15) is 36.9 Å². The van der Waals surface area contributed by atoms with Gasteiger partial charge in [0.25, 0.3) is 0 Å². The number of nitrogens with one attached hydrogen (secondary N) is 1. The Morgan fingerprint density at radius 3 is 2.57 bits per heavy atom. The van der Waals surface area contributed by atoms with Crippen LogP contribution in [0.4, 0.5) is 5.82 Å². The molecule has 0 bridgehead atoms. The number of aromatic nitrogens is 2. The van der Waals surface area contributed by atoms with Crippen molar-refractivity contribution in [3.8, 4) is 11.3 Å². The Kier molecular flexibility index (Phi) is 6.88. The molecule has 0 saturated heterocycles. The van der Waals surface area contributed by atoms with Crippen LogP contribution in [0, 0.1) is 5.92 Å². The summed E-state index contributed by atoms with van der Waals surface area (Å²) in [5.41, 5.74) is 9.88. The molecule has 1 saturated carbocycles. The van der Waals surface area contributed by atoms with E-state index in [1.54, 1.807) is 6.20 Å². The van der Waals surface area contributed by atoms with Crippen molar-refractivity contribution >= 4 is 29.0 Å². The fourth-order valence-electron chi connectivity index (χ4n) is 3.99. The van der Waals surface area contributed by atoms with E-state index in [0.29, 0.717) is 23.5 Å². The van der Waals surface area contributed by atoms with Gasteiger partial charge in [-0.15, -0.1) is 0 Å². The summed E-state index contributed by atoms with van der Waals surface area (Å²) in [6.45, 7) is 0.606. The van der Waals surface area contributed by atoms with E-state index >= 15 is 0 Å². The smallest absolute Gasteiger partial charge is 0.126 e. The molecule has 0 aliphatic heterocycles. The molecule has 0 amide bonds. The lowest BCUT2D eigenvalue weighted by atomic mass is 9.83. The minimum Gasteiger partial charge on any atom is -0.366 e. The molecule has 0 unspecified atom stereocenters. The molecule has 1 fully saturated rings. The topological polar surface area (TPSA) is 63.8 Å². The Morgan fingerprint density at radius 1 is 0.967 bits per heavy atom. The Labute approximate surface area is 187 Å². The van der Waals surface area contributed by atoms with Crippen molar-refractivity contribution in [3.05, 3.63) is 76.0 Å². The molecule has 6 heteroatoms. The van der Waals surface area contributed by atoms with Crippen LogP contribution < -0.4 is 11.1 Å². The number of halogens is 2. The summed E-state index contributed by atoms with van der Waals surface area (Å²) >= 11 is 12.7. The minimum absolute atomic E-state index is 0.361. The van der Waals surface area contributed by atoms with E-state index < -0.39 is 0 Å². The number of nitrogens with two attached hydrogens (primary N) is 1. The quantitative estimate of drug-likeness (QED) is 0.484. The first-order valence-electron chi connectivity index (χ1n) is 10.4. The van der Waals surface area contributed by atoms with Gasteiger partial charge in [0.05, 0.1) is 10.7 Å². The van der Waals surface area contributed by atoms with Crippen LogP contribution >= 0.6 is 23.2 Å². The van der Waals surface area contributed by atoms with Crippen molar-refractivity contribution in [2.24, 2.45) is 11.7 Å². The lowest BCUT2D eigenvalue weighted by Gasteiger charge is -2.25. The monoisotopic (exact) mass is 440 g/mol. The van der Waals surface area contributed by atoms with Crippen LogP contribution in [0.25, 0.3) is 11.3 Å². The van der Waals surface area contributed by atoms with Crippen molar-refractivity contribution in [2.45, 2.75) is 44.7 Å². The van der Waals surface area contributed by atoms with Crippen LogP contribution in [0.5, 0.6) is 0 Å². The molecule has 1 aliphatic rings. The molecule has 3 N–H and O–H groups in total. The molecule has 4 rings (SSSR count). The van der Waals surface area contributed by atoms with Gasteiger partial charge >= 0.3 is 0 Å². The van der Waals surface area contributed by atoms with Crippen LogP contribution in [0.15, 0.2) is 54.7 Å². The molecule has 3 aromatic rings. The molecule has 1 aliphatic carbocycles. The molecule has 156 valence electrons. The number of nitrogens with zero attached hydrogens (tertiary/aromatic N) is 2. The number of benzene rings is 1. The van der Waals surface area contributed by atoms with E-state index in [4.69, 9.17) is 33.9 Å². The van der Waals surface area contributed by atoms with Gasteiger partial charge in [0.15, 0.2) is 0 Å². The zero-order valence-corrected chi connectivity index (χ0v) is 18.3. The van der Waals surface area contributed by atoms with Gasteiger partial charge in [0.2, 0.25) is 0 Å². The van der Waals surface area contributed by atoms with E-state index in [2.05, 4.69) is 16.4 Å². The fourth-order valence-corrected chi connectivity index (χ4v) is 4.39. The van der Waals surface area contributed by atoms with Gasteiger partial charge in [-0.05, 0) is 67.9 Å². The zero-order valence-electron chi connectivity index (χ0n) is 16.8. The van der Waals surface area contributed by atoms with Crippen molar-refractivity contribution < 1.29 is 0 Å². The summed E-state index contributed by atoms with van der Waals surface area (Å²) in [6.07, 6.45) is 7.24. The van der Waals surface area contributed by atoms with Gasteiger partial charge in [-0.25, -0.2) is 4.98 Å². The highest BCUT2D eigenvalue weighted by Gasteiger charge is 2.20. The summed E-state index contributed by atoms with van der Waals surface area (Å²) in [5, 5.41) is 4.70. The summed E-state index contributed by atoms with van der Waals surface area (Å²) in [6, 6.07) is 16.1. The van der Waals surface area contributed by atoms with Crippen LogP contribution in [-0.4, -0.2) is 16.0 Å². The summed E-state index contributed by atoms with van der Waals surface area (Å²) < 4.78 is 0. The lowest BCUT2D eigenvalue weighted by molar-refractivity contribution is 0.323. The molecular weight excluding hydrogens is 415 g/mol. The SMILES string of the molecule is NC1CCC(Cc2cc(-c3cccc(NCc4ccccc4Cl)n3)c(Cl)cn2)CC1. The van der Waals surface area contributed by atoms with Crippen molar-refractivity contribution in [3.63, 3.8) is 0 Å². The Hall–Kier alpha value is -2.14. The van der Waals surface area contributed by atoms with E-state index in [1.165, 1.54) is 12.8 Å². The van der Waals surface area contributed by atoms with E-state index in [9.17, 15) is 0 Å². The standard InChI is InChI=1S/C24H26Cl2N4/c25-21-5-2-1-4-17(21)14-29-24-7-3-6-23(30-24)20-13-19(28-15-22(20)26)12-16-8-10-18(27)11-9-16/h1-7,13,15-16,18H,8-12,14,27H2,(H,29,30). The van der Waals surface area contributed by atoms with Crippen molar-refractivity contribution in [2.75, 3.05) is 5.32 Å². The second-order valence-corrected chi connectivity index (χ2v) is 8.81. The first kappa shape index (κ1) is 21.1. The average Bonchev–Trinajstić information content (AvgIpc) is 2.76. The summed E-state index contributed by atoms with van der Waals surface area (Å²) in [7, 11) is 0. The summed E-state index contributed by atoms with van der Waals surface area (Å²) in [5.74, 6) is 1.42. The number of anilines is 1. The third kappa shape index (κ3) is 5.31. The first-order chi connectivity index (χ1) is 14.6. The highest BCUT2D eigenvalue weighted by Crippen LogP contribution is 2.31. The van der Waals surface area contributed by atoms with Gasteiger partial charge in [0.1, 0.15) is 5.82 Å². The molecule has 30 heavy (non-hydrogen) atoms. The van der Waals surface area contributed by atoms with E-state index in [0.717, 1.165) is 52.6 Å². The average molecular weight is 441 g/mol. The largest absolute Gasteiger partial charge is 0.366 e. The van der Waals surface area contributed by atoms with E-state index in [-0.39, 0.29) is 0 Å². The Morgan fingerprint density at radius 2 is 1.77 bits per heavy atom. The third-order valence-corrected chi connectivity index (χ3v) is 6.41. The highest BCUT2D eigenvalue weighted by atomic mass is 35.5. The molecule has 0 spiro atoms. The van der Waals surface area contributed by atoms with Gasteiger partial charge in [-0.1, -0.05) is 47.5 Å². The van der Waals surface area contributed by atoms with Crippen LogP contribution in [0.2, 0.25) is 10.0 Å². The Balaban J connectivity index is 1.49. The second-order valence-electron chi connectivity index (χ2n) is 7.99. The molecule has 1 aromatic carbocycles. The van der Waals surface area contributed by atoms with Crippen molar-refractivity contribution in [1.82, 2.24) is 9.97 Å². The minimum atomic E-state index is 0.361. The second kappa shape index (κ2) is 9.78. The maximum atomic E-state index is 6.48. The van der Waals surface area contributed by atoms with E-state index in [1.807, 2.05) is 42.5 Å². The van der Waals surface area contributed by atoms with Crippen LogP contribution in [-0.2, 0) is 13.0 Å². The molecule has 4 nitrogen and oxygen atoms in total. The summed E-state index contributed by atoms with van der Waals surface area (Å²) in [4.78, 5) is 9.33. The predicted octanol–water partition coefficient (Wildman–Crippen LogP) is 6.12. The maximum absolute atomic E-state index is 6.48. The Bertz CT molecular complexity index is 1000. The van der Waals surface area contributed by atoms with Gasteiger partial charge < -0.3 is 11.1 Å². The number of pyridine rings is 2. The lowest BCUT2D eigenvalue weighted by Crippen LogP contribution is -2.27.